The summed E-state index contributed by atoms with van der Waals surface area (Å²) in [5.74, 6) is 0.614. The molecule has 0 amide bonds. The number of ketones is 4. The van der Waals surface area contributed by atoms with Gasteiger partial charge in [-0.2, -0.15) is 0 Å². The molecule has 0 radical (unpaired) electrons. The topological polar surface area (TPSA) is 86.7 Å². The summed E-state index contributed by atoms with van der Waals surface area (Å²) in [4.78, 5) is 53.7. The van der Waals surface area contributed by atoms with Crippen LogP contribution in [0.4, 0.5) is 8.78 Å². The van der Waals surface area contributed by atoms with E-state index in [1.165, 1.54) is 48.5 Å². The minimum absolute atomic E-state index is 0.200. The van der Waals surface area contributed by atoms with E-state index in [1.807, 2.05) is 48.5 Å². The van der Waals surface area contributed by atoms with Crippen molar-refractivity contribution in [2.75, 3.05) is 0 Å². The highest BCUT2D eigenvalue weighted by molar-refractivity contribution is 7.99. The average Bonchev–Trinajstić information content (AvgIpc) is 3.30. The van der Waals surface area contributed by atoms with Crippen LogP contribution >= 0.6 is 11.8 Å². The van der Waals surface area contributed by atoms with E-state index in [4.69, 9.17) is 9.47 Å². The van der Waals surface area contributed by atoms with E-state index in [2.05, 4.69) is 0 Å². The molecule has 8 aromatic rings. The third kappa shape index (κ3) is 9.76. The van der Waals surface area contributed by atoms with Gasteiger partial charge >= 0.3 is 0 Å². The molecule has 0 fully saturated rings. The van der Waals surface area contributed by atoms with Crippen LogP contribution in [0.1, 0.15) is 63.7 Å². The maximum atomic E-state index is 13.3. The Labute approximate surface area is 354 Å². The summed E-state index contributed by atoms with van der Waals surface area (Å²) in [5.41, 5.74) is 3.32. The molecule has 0 aliphatic heterocycles. The van der Waals surface area contributed by atoms with E-state index in [0.717, 1.165) is 9.79 Å². The molecule has 0 aliphatic rings. The molecule has 0 unspecified atom stereocenters. The Bertz CT molecular complexity index is 2860. The van der Waals surface area contributed by atoms with Crippen molar-refractivity contribution in [2.45, 2.75) is 9.79 Å². The molecular weight excluding hydrogens is 791 g/mol. The Morgan fingerprint density at radius 1 is 0.311 bits per heavy atom. The first-order valence-corrected chi connectivity index (χ1v) is 19.8. The molecule has 296 valence electrons. The Balaban J connectivity index is 0.828. The molecule has 6 nitrogen and oxygen atoms in total. The Morgan fingerprint density at radius 3 is 0.934 bits per heavy atom. The fourth-order valence-electron chi connectivity index (χ4n) is 6.35. The molecule has 0 N–H and O–H groups in total. The number of carbonyl (C=O) groups excluding carboxylic acids is 4. The van der Waals surface area contributed by atoms with E-state index in [9.17, 15) is 28.0 Å². The predicted octanol–water partition coefficient (Wildman–Crippen LogP) is 12.6. The van der Waals surface area contributed by atoms with Crippen molar-refractivity contribution in [3.63, 3.8) is 0 Å². The lowest BCUT2D eigenvalue weighted by atomic mass is 9.98. The molecule has 8 rings (SSSR count). The summed E-state index contributed by atoms with van der Waals surface area (Å²) in [6.45, 7) is 0. The van der Waals surface area contributed by atoms with E-state index >= 15 is 0 Å². The average molecular weight is 823 g/mol. The largest absolute Gasteiger partial charge is 0.457 e. The van der Waals surface area contributed by atoms with Gasteiger partial charge in [0.1, 0.15) is 34.6 Å². The zero-order chi connectivity index (χ0) is 42.3. The fourth-order valence-corrected chi connectivity index (χ4v) is 7.22. The van der Waals surface area contributed by atoms with Gasteiger partial charge in [0, 0.05) is 54.3 Å². The van der Waals surface area contributed by atoms with Crippen molar-refractivity contribution in [1.29, 1.82) is 0 Å². The molecule has 0 atom stereocenters. The van der Waals surface area contributed by atoms with Crippen molar-refractivity contribution in [2.24, 2.45) is 0 Å². The highest BCUT2D eigenvalue weighted by atomic mass is 32.2. The van der Waals surface area contributed by atoms with Gasteiger partial charge in [0.05, 0.1) is 0 Å². The van der Waals surface area contributed by atoms with E-state index in [0.29, 0.717) is 67.5 Å². The van der Waals surface area contributed by atoms with Crippen molar-refractivity contribution in [3.05, 3.63) is 250 Å². The van der Waals surface area contributed by atoms with Crippen LogP contribution in [-0.4, -0.2) is 23.1 Å². The lowest BCUT2D eigenvalue weighted by molar-refractivity contribution is 0.102. The minimum Gasteiger partial charge on any atom is -0.457 e. The molecule has 0 spiro atoms. The third-order valence-corrected chi connectivity index (χ3v) is 10.6. The summed E-state index contributed by atoms with van der Waals surface area (Å²) >= 11 is 1.55. The number of halogens is 2. The van der Waals surface area contributed by atoms with Gasteiger partial charge in [0.15, 0.2) is 23.1 Å². The summed E-state index contributed by atoms with van der Waals surface area (Å²) in [6.07, 6.45) is 0. The minimum atomic E-state index is -0.420. The summed E-state index contributed by atoms with van der Waals surface area (Å²) < 4.78 is 38.6. The van der Waals surface area contributed by atoms with Crippen LogP contribution in [0.5, 0.6) is 23.0 Å². The quantitative estimate of drug-likeness (QED) is 0.101. The number of rotatable bonds is 14. The lowest BCUT2D eigenvalue weighted by Crippen LogP contribution is -2.04. The van der Waals surface area contributed by atoms with E-state index in [1.54, 1.807) is 109 Å². The van der Waals surface area contributed by atoms with Crippen LogP contribution in [0.25, 0.3) is 0 Å². The third-order valence-electron chi connectivity index (χ3n) is 9.60. The molecule has 9 heteroatoms. The second kappa shape index (κ2) is 18.0. The van der Waals surface area contributed by atoms with Gasteiger partial charge in [-0.25, -0.2) is 8.78 Å². The van der Waals surface area contributed by atoms with Gasteiger partial charge in [-0.1, -0.05) is 66.4 Å². The molecule has 61 heavy (non-hydrogen) atoms. The van der Waals surface area contributed by atoms with Crippen LogP contribution in [0.15, 0.2) is 204 Å². The maximum Gasteiger partial charge on any atom is 0.193 e. The molecular formula is C52H32F2O6S. The van der Waals surface area contributed by atoms with Crippen LogP contribution < -0.4 is 9.47 Å². The molecule has 0 bridgehead atoms. The van der Waals surface area contributed by atoms with Crippen LogP contribution in [0.3, 0.4) is 0 Å². The van der Waals surface area contributed by atoms with Gasteiger partial charge in [0.25, 0.3) is 0 Å². The standard InChI is InChI=1S/C52H32F2O6S/c53-41-20-12-37(13-21-41)49(55)33-4-8-35(9-5-33)51(57)39-16-24-43(25-17-39)59-45-28-30-47(31-29-45)61-48-3-1-2-46(32-48)60-44-26-18-40(19-27-44)52(58)36-10-6-34(7-11-36)50(56)38-14-22-42(54)23-15-38/h1-32H. The van der Waals surface area contributed by atoms with Crippen molar-refractivity contribution < 1.29 is 37.4 Å². The Hall–Kier alpha value is -7.75. The highest BCUT2D eigenvalue weighted by Crippen LogP contribution is 2.34. The van der Waals surface area contributed by atoms with Crippen LogP contribution in [0.2, 0.25) is 0 Å². The molecule has 0 aromatic heterocycles. The van der Waals surface area contributed by atoms with E-state index in [-0.39, 0.29) is 23.1 Å². The Morgan fingerprint density at radius 2 is 0.590 bits per heavy atom. The number of ether oxygens (including phenoxy) is 2. The lowest BCUT2D eigenvalue weighted by Gasteiger charge is -2.10. The zero-order valence-corrected chi connectivity index (χ0v) is 32.9. The van der Waals surface area contributed by atoms with Crippen molar-refractivity contribution >= 4 is 34.9 Å². The molecule has 0 heterocycles. The summed E-state index contributed by atoms with van der Waals surface area (Å²) in [5, 5.41) is 0. The number of benzene rings is 8. The SMILES string of the molecule is O=C(c1ccc(F)cc1)c1ccc(C(=O)c2ccc(Oc3ccc(Sc4cccc(Oc5ccc(C(=O)c6ccc(C(=O)c7ccc(F)cc7)cc6)cc5)c4)cc3)cc2)cc1. The van der Waals surface area contributed by atoms with E-state index < -0.39 is 11.6 Å². The maximum absolute atomic E-state index is 13.3. The fraction of sp³-hybridized carbons (Fsp3) is 0. The first kappa shape index (κ1) is 40.0. The van der Waals surface area contributed by atoms with Gasteiger partial charge in [-0.3, -0.25) is 19.2 Å². The monoisotopic (exact) mass is 822 g/mol. The molecule has 0 saturated heterocycles. The smallest absolute Gasteiger partial charge is 0.193 e. The summed E-state index contributed by atoms with van der Waals surface area (Å²) in [6, 6.07) is 52.4. The molecule has 0 aliphatic carbocycles. The zero-order valence-electron chi connectivity index (χ0n) is 32.1. The second-order valence-electron chi connectivity index (χ2n) is 13.8. The normalized spacial score (nSPS) is 10.8. The van der Waals surface area contributed by atoms with Gasteiger partial charge in [0.2, 0.25) is 0 Å². The Kier molecular flexibility index (Phi) is 11.8. The van der Waals surface area contributed by atoms with Crippen molar-refractivity contribution in [3.8, 4) is 23.0 Å². The first-order chi connectivity index (χ1) is 29.6. The van der Waals surface area contributed by atoms with Crippen LogP contribution in [0, 0.1) is 11.6 Å². The summed E-state index contributed by atoms with van der Waals surface area (Å²) in [7, 11) is 0. The number of hydrogen-bond donors (Lipinski definition) is 0. The highest BCUT2D eigenvalue weighted by Gasteiger charge is 2.15. The molecule has 0 saturated carbocycles. The molecule has 8 aromatic carbocycles. The number of hydrogen-bond acceptors (Lipinski definition) is 7. The van der Waals surface area contributed by atoms with Gasteiger partial charge in [-0.15, -0.1) is 0 Å². The predicted molar refractivity (Wildman–Crippen MR) is 229 cm³/mol. The van der Waals surface area contributed by atoms with Crippen molar-refractivity contribution in [1.82, 2.24) is 0 Å². The van der Waals surface area contributed by atoms with Gasteiger partial charge < -0.3 is 9.47 Å². The van der Waals surface area contributed by atoms with Crippen LogP contribution in [-0.2, 0) is 0 Å². The number of carbonyl (C=O) groups is 4. The first-order valence-electron chi connectivity index (χ1n) is 19.0. The van der Waals surface area contributed by atoms with Gasteiger partial charge in [-0.05, 0) is 140 Å². The second-order valence-corrected chi connectivity index (χ2v) is 14.9.